The summed E-state index contributed by atoms with van der Waals surface area (Å²) in [5.74, 6) is 0.960. The number of rotatable bonds is 6. The van der Waals surface area contributed by atoms with Crippen LogP contribution in [0.3, 0.4) is 0 Å². The molecule has 2 heterocycles. The highest BCUT2D eigenvalue weighted by Crippen LogP contribution is 2.29. The van der Waals surface area contributed by atoms with E-state index in [1.165, 1.54) is 17.4 Å². The molecule has 0 aliphatic carbocycles. The van der Waals surface area contributed by atoms with Crippen molar-refractivity contribution < 1.29 is 12.8 Å². The van der Waals surface area contributed by atoms with Crippen molar-refractivity contribution in [2.24, 2.45) is 11.7 Å². The van der Waals surface area contributed by atoms with E-state index in [2.05, 4.69) is 4.72 Å². The highest BCUT2D eigenvalue weighted by Gasteiger charge is 2.27. The van der Waals surface area contributed by atoms with Crippen LogP contribution < -0.4 is 10.5 Å². The van der Waals surface area contributed by atoms with Crippen LogP contribution in [0.15, 0.2) is 32.9 Å². The summed E-state index contributed by atoms with van der Waals surface area (Å²) in [5.41, 5.74) is 5.49. The molecule has 0 saturated carbocycles. The summed E-state index contributed by atoms with van der Waals surface area (Å²) in [6.07, 6.45) is 0. The van der Waals surface area contributed by atoms with Gasteiger partial charge in [0.05, 0.1) is 12.6 Å². The van der Waals surface area contributed by atoms with Crippen LogP contribution in [-0.2, 0) is 16.6 Å². The van der Waals surface area contributed by atoms with Crippen molar-refractivity contribution in [2.75, 3.05) is 0 Å². The number of thiophene rings is 1. The lowest BCUT2D eigenvalue weighted by Gasteiger charge is -2.20. The number of aryl methyl sites for hydroxylation is 1. The van der Waals surface area contributed by atoms with E-state index in [9.17, 15) is 8.42 Å². The van der Waals surface area contributed by atoms with Crippen molar-refractivity contribution in [3.63, 3.8) is 0 Å². The second-order valence-electron chi connectivity index (χ2n) is 5.20. The first-order chi connectivity index (χ1) is 9.85. The second kappa shape index (κ2) is 6.31. The molecule has 0 saturated heterocycles. The zero-order valence-corrected chi connectivity index (χ0v) is 13.9. The van der Waals surface area contributed by atoms with Gasteiger partial charge in [-0.25, -0.2) is 13.1 Å². The minimum atomic E-state index is -3.64. The fraction of sp³-hybridized carbons (Fsp3) is 0.429. The molecule has 0 aliphatic heterocycles. The van der Waals surface area contributed by atoms with Crippen LogP contribution in [0.2, 0.25) is 0 Å². The van der Waals surface area contributed by atoms with Gasteiger partial charge in [0.1, 0.15) is 16.4 Å². The number of nitrogens with one attached hydrogen (secondary N) is 1. The average molecular weight is 328 g/mol. The fourth-order valence-electron chi connectivity index (χ4n) is 2.11. The van der Waals surface area contributed by atoms with E-state index in [0.29, 0.717) is 11.5 Å². The van der Waals surface area contributed by atoms with Gasteiger partial charge in [-0.2, -0.15) is 0 Å². The van der Waals surface area contributed by atoms with Gasteiger partial charge in [0.25, 0.3) is 0 Å². The average Bonchev–Trinajstić information content (AvgIpc) is 3.04. The third-order valence-electron chi connectivity index (χ3n) is 3.21. The summed E-state index contributed by atoms with van der Waals surface area (Å²) in [6.45, 7) is 5.78. The van der Waals surface area contributed by atoms with E-state index < -0.39 is 10.0 Å². The topological polar surface area (TPSA) is 85.3 Å². The second-order valence-corrected chi connectivity index (χ2v) is 7.86. The normalized spacial score (nSPS) is 13.8. The third kappa shape index (κ3) is 3.55. The van der Waals surface area contributed by atoms with Crippen molar-refractivity contribution in [3.8, 4) is 0 Å². The predicted molar refractivity (Wildman–Crippen MR) is 83.6 cm³/mol. The summed E-state index contributed by atoms with van der Waals surface area (Å²) in [4.78, 5) is 1.15. The minimum Gasteiger partial charge on any atom is -0.464 e. The summed E-state index contributed by atoms with van der Waals surface area (Å²) in [5, 5.41) is 1.94. The predicted octanol–water partition coefficient (Wildman–Crippen LogP) is 2.78. The van der Waals surface area contributed by atoms with Crippen LogP contribution in [0, 0.1) is 12.8 Å². The first kappa shape index (κ1) is 16.2. The first-order valence-electron chi connectivity index (χ1n) is 6.70. The van der Waals surface area contributed by atoms with Crippen molar-refractivity contribution in [3.05, 3.63) is 40.0 Å². The molecule has 0 aliphatic rings. The lowest BCUT2D eigenvalue weighted by atomic mass is 10.0. The molecule has 2 aromatic heterocycles. The Morgan fingerprint density at radius 2 is 2.14 bits per heavy atom. The number of furan rings is 1. The Morgan fingerprint density at radius 3 is 2.62 bits per heavy atom. The molecule has 0 amide bonds. The van der Waals surface area contributed by atoms with Gasteiger partial charge in [0, 0.05) is 10.9 Å². The number of hydrogen-bond acceptors (Lipinski definition) is 5. The quantitative estimate of drug-likeness (QED) is 0.854. The summed E-state index contributed by atoms with van der Waals surface area (Å²) in [7, 11) is -3.64. The molecule has 2 aromatic rings. The Morgan fingerprint density at radius 1 is 1.43 bits per heavy atom. The van der Waals surface area contributed by atoms with Crippen molar-refractivity contribution >= 4 is 21.4 Å². The highest BCUT2D eigenvalue weighted by molar-refractivity contribution is 7.89. The van der Waals surface area contributed by atoms with E-state index in [-0.39, 0.29) is 23.4 Å². The van der Waals surface area contributed by atoms with Crippen LogP contribution in [-0.4, -0.2) is 8.42 Å². The molecule has 1 unspecified atom stereocenters. The summed E-state index contributed by atoms with van der Waals surface area (Å²) in [6, 6.07) is 5.08. The first-order valence-corrected chi connectivity index (χ1v) is 9.06. The van der Waals surface area contributed by atoms with Gasteiger partial charge in [-0.15, -0.1) is 11.3 Å². The standard InChI is InChI=1S/C14H20N2O3S2/c1-9(2)14(12-5-4-6-20-12)16-21(17,18)13-7-11(8-15)19-10(13)3/h4-7,9,14,16H,8,15H2,1-3H3. The molecule has 0 aromatic carbocycles. The Kier molecular flexibility index (Phi) is 4.88. The minimum absolute atomic E-state index is 0.139. The van der Waals surface area contributed by atoms with E-state index >= 15 is 0 Å². The zero-order valence-electron chi connectivity index (χ0n) is 12.3. The van der Waals surface area contributed by atoms with Gasteiger partial charge in [-0.1, -0.05) is 19.9 Å². The molecule has 0 radical (unpaired) electrons. The summed E-state index contributed by atoms with van der Waals surface area (Å²) >= 11 is 1.54. The molecule has 3 N–H and O–H groups in total. The molecule has 0 spiro atoms. The van der Waals surface area contributed by atoms with E-state index in [1.807, 2.05) is 31.4 Å². The van der Waals surface area contributed by atoms with Crippen molar-refractivity contribution in [1.29, 1.82) is 0 Å². The Balaban J connectivity index is 2.32. The molecule has 21 heavy (non-hydrogen) atoms. The van der Waals surface area contributed by atoms with Gasteiger partial charge >= 0.3 is 0 Å². The summed E-state index contributed by atoms with van der Waals surface area (Å²) < 4.78 is 33.3. The molecule has 0 fully saturated rings. The lowest BCUT2D eigenvalue weighted by molar-refractivity contribution is 0.463. The molecular weight excluding hydrogens is 308 g/mol. The van der Waals surface area contributed by atoms with E-state index in [4.69, 9.17) is 10.2 Å². The fourth-order valence-corrected chi connectivity index (χ4v) is 4.70. The van der Waals surface area contributed by atoms with Gasteiger partial charge in [-0.3, -0.25) is 0 Å². The van der Waals surface area contributed by atoms with Crippen LogP contribution in [0.4, 0.5) is 0 Å². The molecule has 5 nitrogen and oxygen atoms in total. The zero-order chi connectivity index (χ0) is 15.6. The smallest absolute Gasteiger partial charge is 0.244 e. The number of hydrogen-bond donors (Lipinski definition) is 2. The maximum Gasteiger partial charge on any atom is 0.244 e. The maximum absolute atomic E-state index is 12.6. The molecule has 1 atom stereocenters. The highest BCUT2D eigenvalue weighted by atomic mass is 32.2. The Labute approximate surface area is 129 Å². The molecule has 7 heteroatoms. The van der Waals surface area contributed by atoms with Crippen LogP contribution in [0.1, 0.15) is 36.3 Å². The number of sulfonamides is 1. The number of nitrogens with two attached hydrogens (primary N) is 1. The maximum atomic E-state index is 12.6. The van der Waals surface area contributed by atoms with Gasteiger partial charge in [-0.05, 0) is 24.3 Å². The monoisotopic (exact) mass is 328 g/mol. The van der Waals surface area contributed by atoms with Crippen LogP contribution in [0.5, 0.6) is 0 Å². The van der Waals surface area contributed by atoms with Gasteiger partial charge < -0.3 is 10.2 Å². The van der Waals surface area contributed by atoms with Crippen molar-refractivity contribution in [1.82, 2.24) is 4.72 Å². The molecule has 116 valence electrons. The Hall–Kier alpha value is -1.15. The lowest BCUT2D eigenvalue weighted by Crippen LogP contribution is -2.31. The van der Waals surface area contributed by atoms with Crippen molar-refractivity contribution in [2.45, 2.75) is 38.3 Å². The molecular formula is C14H20N2O3S2. The van der Waals surface area contributed by atoms with Crippen LogP contribution >= 0.6 is 11.3 Å². The largest absolute Gasteiger partial charge is 0.464 e. The van der Waals surface area contributed by atoms with E-state index in [1.54, 1.807) is 6.92 Å². The van der Waals surface area contributed by atoms with Crippen LogP contribution in [0.25, 0.3) is 0 Å². The van der Waals surface area contributed by atoms with E-state index in [0.717, 1.165) is 4.88 Å². The van der Waals surface area contributed by atoms with Gasteiger partial charge in [0.15, 0.2) is 0 Å². The van der Waals surface area contributed by atoms with Gasteiger partial charge in [0.2, 0.25) is 10.0 Å². The Bertz CT molecular complexity index is 688. The SMILES string of the molecule is Cc1oc(CN)cc1S(=O)(=O)NC(c1cccs1)C(C)C. The molecule has 0 bridgehead atoms. The molecule has 2 rings (SSSR count). The third-order valence-corrected chi connectivity index (χ3v) is 5.72.